The van der Waals surface area contributed by atoms with Crippen LogP contribution in [0.5, 0.6) is 5.75 Å². The molecule has 0 radical (unpaired) electrons. The van der Waals surface area contributed by atoms with Crippen LogP contribution in [0.1, 0.15) is 36.8 Å². The van der Waals surface area contributed by atoms with Crippen molar-refractivity contribution in [2.24, 2.45) is 36.1 Å². The second-order valence-electron chi connectivity index (χ2n) is 14.7. The van der Waals surface area contributed by atoms with Crippen molar-refractivity contribution in [3.63, 3.8) is 0 Å². The number of phenolic OH excluding ortho intramolecular Hbond substituents is 1. The van der Waals surface area contributed by atoms with Crippen LogP contribution in [0.2, 0.25) is 5.02 Å². The number of allylic oxidation sites excluding steroid dienone is 2. The Hall–Kier alpha value is -5.66. The van der Waals surface area contributed by atoms with E-state index in [-0.39, 0.29) is 30.0 Å². The van der Waals surface area contributed by atoms with Gasteiger partial charge >= 0.3 is 0 Å². The second kappa shape index (κ2) is 11.9. The maximum atomic E-state index is 15.0. The third-order valence-electron chi connectivity index (χ3n) is 12.0. The molecule has 0 spiro atoms. The lowest BCUT2D eigenvalue weighted by Gasteiger charge is -2.49. The molecule has 2 saturated heterocycles. The number of benzene rings is 3. The van der Waals surface area contributed by atoms with Gasteiger partial charge in [-0.3, -0.25) is 34.0 Å². The van der Waals surface area contributed by atoms with Gasteiger partial charge in [-0.05, 0) is 85.5 Å². The van der Waals surface area contributed by atoms with Gasteiger partial charge in [-0.2, -0.15) is 5.10 Å². The number of rotatable bonds is 5. The fourth-order valence-corrected chi connectivity index (χ4v) is 10.8. The number of carbonyl (C=O) groups excluding carboxylic acids is 4. The van der Waals surface area contributed by atoms with Gasteiger partial charge < -0.3 is 5.11 Å². The van der Waals surface area contributed by atoms with E-state index in [1.165, 1.54) is 46.0 Å². The highest BCUT2D eigenvalue weighted by Gasteiger charge is 2.68. The van der Waals surface area contributed by atoms with Gasteiger partial charge in [-0.15, -0.1) is 11.3 Å². The van der Waals surface area contributed by atoms with E-state index in [0.717, 1.165) is 31.0 Å². The third kappa shape index (κ3) is 4.70. The van der Waals surface area contributed by atoms with E-state index in [1.54, 1.807) is 43.5 Å². The van der Waals surface area contributed by atoms with E-state index in [2.05, 4.69) is 0 Å². The molecule has 3 aromatic carbocycles. The standard InChI is InChI=1S/C40H32ClN5O7S/c1-19-27-15-21(41)9-14-31(27)54-35(19)30-18-32(43(3)42-30)45-37(49)29-17-28-25(34(40(29,2)39(45)51)20-7-10-24(47)11-8-20)12-13-26-33(28)38(50)44(36(26)48)22-5-4-6-23(16-22)46(52)53/h4-12,14-16,18,26,28-29,33-34,47H,13,17H2,1-3H3. The molecule has 272 valence electrons. The first-order valence-corrected chi connectivity index (χ1v) is 18.7. The Balaban J connectivity index is 1.14. The highest BCUT2D eigenvalue weighted by Crippen LogP contribution is 2.64. The number of fused-ring (bicyclic) bond motifs is 5. The van der Waals surface area contributed by atoms with Crippen molar-refractivity contribution in [1.29, 1.82) is 0 Å². The Morgan fingerprint density at radius 2 is 1.72 bits per heavy atom. The molecule has 9 rings (SSSR count). The van der Waals surface area contributed by atoms with Gasteiger partial charge in [0.05, 0.1) is 38.7 Å². The Bertz CT molecular complexity index is 2540. The summed E-state index contributed by atoms with van der Waals surface area (Å²) in [4.78, 5) is 72.2. The number of aromatic hydroxyl groups is 1. The van der Waals surface area contributed by atoms with Gasteiger partial charge in [-0.25, -0.2) is 9.80 Å². The molecule has 4 amide bonds. The third-order valence-corrected chi connectivity index (χ3v) is 13.5. The summed E-state index contributed by atoms with van der Waals surface area (Å²) in [5.41, 5.74) is 1.65. The van der Waals surface area contributed by atoms with E-state index >= 15 is 0 Å². The molecule has 54 heavy (non-hydrogen) atoms. The zero-order valence-corrected chi connectivity index (χ0v) is 30.8. The molecule has 2 aliphatic heterocycles. The molecular formula is C40H32ClN5O7S. The predicted octanol–water partition coefficient (Wildman–Crippen LogP) is 7.31. The maximum absolute atomic E-state index is 15.0. The van der Waals surface area contributed by atoms with Gasteiger partial charge in [0.2, 0.25) is 23.6 Å². The summed E-state index contributed by atoms with van der Waals surface area (Å²) in [6, 6.07) is 19.4. The molecule has 4 aliphatic rings. The lowest BCUT2D eigenvalue weighted by molar-refractivity contribution is -0.384. The molecule has 4 heterocycles. The number of non-ortho nitro benzene ring substituents is 1. The molecule has 12 nitrogen and oxygen atoms in total. The van der Waals surface area contributed by atoms with Gasteiger partial charge in [0.1, 0.15) is 17.3 Å². The molecule has 2 aromatic heterocycles. The van der Waals surface area contributed by atoms with Crippen molar-refractivity contribution in [3.8, 4) is 16.3 Å². The summed E-state index contributed by atoms with van der Waals surface area (Å²) in [6.45, 7) is 3.79. The average molecular weight is 762 g/mol. The molecule has 1 saturated carbocycles. The molecular weight excluding hydrogens is 730 g/mol. The quantitative estimate of drug-likeness (QED) is 0.0846. The van der Waals surface area contributed by atoms with Gasteiger partial charge in [0, 0.05) is 40.9 Å². The monoisotopic (exact) mass is 761 g/mol. The number of halogens is 1. The van der Waals surface area contributed by atoms with Crippen LogP contribution in [0.4, 0.5) is 17.2 Å². The number of thiophene rings is 1. The minimum Gasteiger partial charge on any atom is -0.508 e. The highest BCUT2D eigenvalue weighted by molar-refractivity contribution is 7.22. The number of imide groups is 2. The van der Waals surface area contributed by atoms with Crippen LogP contribution in [0.15, 0.2) is 84.4 Å². The van der Waals surface area contributed by atoms with Crippen molar-refractivity contribution >= 4 is 73.8 Å². The lowest BCUT2D eigenvalue weighted by Crippen LogP contribution is -2.48. The normalized spacial score (nSPS) is 26.3. The Morgan fingerprint density at radius 3 is 2.46 bits per heavy atom. The summed E-state index contributed by atoms with van der Waals surface area (Å²) in [6.07, 6.45) is 2.30. The largest absolute Gasteiger partial charge is 0.508 e. The molecule has 5 aromatic rings. The Labute approximate surface area is 317 Å². The first kappa shape index (κ1) is 34.1. The molecule has 2 aliphatic carbocycles. The molecule has 0 bridgehead atoms. The smallest absolute Gasteiger partial charge is 0.271 e. The highest BCUT2D eigenvalue weighted by atomic mass is 35.5. The van der Waals surface area contributed by atoms with Crippen LogP contribution in [-0.4, -0.2) is 43.4 Å². The zero-order valence-electron chi connectivity index (χ0n) is 29.2. The molecule has 3 fully saturated rings. The fourth-order valence-electron chi connectivity index (χ4n) is 9.50. The van der Waals surface area contributed by atoms with E-state index in [4.69, 9.17) is 16.7 Å². The fraction of sp³-hybridized carbons (Fsp3) is 0.275. The van der Waals surface area contributed by atoms with Crippen molar-refractivity contribution in [2.75, 3.05) is 9.80 Å². The predicted molar refractivity (Wildman–Crippen MR) is 202 cm³/mol. The molecule has 14 heteroatoms. The van der Waals surface area contributed by atoms with E-state index in [1.807, 2.05) is 31.2 Å². The summed E-state index contributed by atoms with van der Waals surface area (Å²) >= 11 is 7.84. The van der Waals surface area contributed by atoms with Gasteiger partial charge in [0.25, 0.3) is 5.69 Å². The van der Waals surface area contributed by atoms with Crippen molar-refractivity contribution in [2.45, 2.75) is 32.6 Å². The Kier molecular flexibility index (Phi) is 7.54. The number of aryl methyl sites for hydroxylation is 2. The van der Waals surface area contributed by atoms with Crippen LogP contribution < -0.4 is 9.80 Å². The lowest BCUT2D eigenvalue weighted by atomic mass is 9.51. The van der Waals surface area contributed by atoms with E-state index in [9.17, 15) is 34.4 Å². The van der Waals surface area contributed by atoms with Crippen LogP contribution in [-0.2, 0) is 26.2 Å². The number of anilines is 2. The minimum atomic E-state index is -1.29. The van der Waals surface area contributed by atoms with E-state index in [0.29, 0.717) is 22.1 Å². The molecule has 6 unspecified atom stereocenters. The SMILES string of the molecule is Cc1c(-c2cc(N3C(=O)C4CC5C(=CCC6C(=O)N(c7cccc([N+](=O)[O-])c7)C(=O)C65)C(c5ccc(O)cc5)C4(C)C3=O)n(C)n2)sc2ccc(Cl)cc12. The summed E-state index contributed by atoms with van der Waals surface area (Å²) < 4.78 is 2.57. The topological polar surface area (TPSA) is 156 Å². The summed E-state index contributed by atoms with van der Waals surface area (Å²) in [5.74, 6) is -5.11. The zero-order chi connectivity index (χ0) is 38.0. The average Bonchev–Trinajstić information content (AvgIpc) is 3.82. The van der Waals surface area contributed by atoms with Crippen molar-refractivity contribution in [3.05, 3.63) is 111 Å². The first-order chi connectivity index (χ1) is 25.8. The minimum absolute atomic E-state index is 0.0336. The number of hydrogen-bond donors (Lipinski definition) is 1. The van der Waals surface area contributed by atoms with Crippen LogP contribution in [0, 0.1) is 46.1 Å². The summed E-state index contributed by atoms with van der Waals surface area (Å²) in [5, 5.41) is 28.2. The number of phenols is 1. The number of carbonyl (C=O) groups is 4. The maximum Gasteiger partial charge on any atom is 0.271 e. The number of amides is 4. The van der Waals surface area contributed by atoms with Crippen LogP contribution >= 0.6 is 22.9 Å². The number of nitrogens with zero attached hydrogens (tertiary/aromatic N) is 5. The van der Waals surface area contributed by atoms with Crippen molar-refractivity contribution in [1.82, 2.24) is 9.78 Å². The van der Waals surface area contributed by atoms with Crippen LogP contribution in [0.25, 0.3) is 20.7 Å². The van der Waals surface area contributed by atoms with E-state index < -0.39 is 63.6 Å². The number of hydrogen-bond acceptors (Lipinski definition) is 9. The van der Waals surface area contributed by atoms with Gasteiger partial charge in [0.15, 0.2) is 0 Å². The van der Waals surface area contributed by atoms with Crippen LogP contribution in [0.3, 0.4) is 0 Å². The van der Waals surface area contributed by atoms with Gasteiger partial charge in [-0.1, -0.05) is 41.4 Å². The number of nitro groups is 1. The van der Waals surface area contributed by atoms with Crippen molar-refractivity contribution < 1.29 is 29.2 Å². The number of nitro benzene ring substituents is 1. The number of aromatic nitrogens is 2. The molecule has 1 N–H and O–H groups in total. The summed E-state index contributed by atoms with van der Waals surface area (Å²) in [7, 11) is 1.69. The second-order valence-corrected chi connectivity index (χ2v) is 16.2. The first-order valence-electron chi connectivity index (χ1n) is 17.5. The molecule has 6 atom stereocenters. The Morgan fingerprint density at radius 1 is 0.963 bits per heavy atom.